The minimum Gasteiger partial charge on any atom is -0.494 e. The van der Waals surface area contributed by atoms with Crippen molar-refractivity contribution in [2.45, 2.75) is 32.7 Å². The number of nitrogens with one attached hydrogen (secondary N) is 2. The Morgan fingerprint density at radius 3 is 2.32 bits per heavy atom. The molecule has 0 aromatic heterocycles. The van der Waals surface area contributed by atoms with Crippen LogP contribution < -0.4 is 15.4 Å². The van der Waals surface area contributed by atoms with Crippen LogP contribution in [0.15, 0.2) is 78.9 Å². The lowest BCUT2D eigenvalue weighted by Crippen LogP contribution is -2.28. The second-order valence-electron chi connectivity index (χ2n) is 7.46. The molecule has 0 fully saturated rings. The fraction of sp³-hybridized carbons (Fsp3) is 0.231. The summed E-state index contributed by atoms with van der Waals surface area (Å²) in [5.41, 5.74) is 3.14. The Labute approximate surface area is 183 Å². The monoisotopic (exact) mass is 416 g/mol. The number of rotatable bonds is 9. The summed E-state index contributed by atoms with van der Waals surface area (Å²) in [5, 5.41) is 5.85. The van der Waals surface area contributed by atoms with E-state index >= 15 is 0 Å². The molecule has 0 spiro atoms. The highest BCUT2D eigenvalue weighted by Crippen LogP contribution is 2.18. The fourth-order valence-electron chi connectivity index (χ4n) is 3.16. The predicted molar refractivity (Wildman–Crippen MR) is 123 cm³/mol. The Morgan fingerprint density at radius 1 is 0.903 bits per heavy atom. The second-order valence-corrected chi connectivity index (χ2v) is 7.46. The maximum Gasteiger partial charge on any atom is 0.253 e. The summed E-state index contributed by atoms with van der Waals surface area (Å²) in [6, 6.07) is 24.5. The first-order valence-electron chi connectivity index (χ1n) is 10.5. The van der Waals surface area contributed by atoms with Crippen LogP contribution in [0.2, 0.25) is 0 Å². The van der Waals surface area contributed by atoms with Gasteiger partial charge >= 0.3 is 0 Å². The number of hydrogen-bond donors (Lipinski definition) is 2. The van der Waals surface area contributed by atoms with Gasteiger partial charge < -0.3 is 15.4 Å². The standard InChI is InChI=1S/C26H28N2O3/c1-19-14-16-22(17-15-19)31-18-8-13-25(29)28-24-12-7-6-11-23(24)26(30)27-20(2)21-9-4-3-5-10-21/h3-7,9-12,14-17,20H,8,13,18H2,1-2H3,(H,27,30)(H,28,29)/t20-/m1/s1. The van der Waals surface area contributed by atoms with Gasteiger partial charge in [-0.3, -0.25) is 9.59 Å². The number of amides is 2. The molecule has 3 aromatic carbocycles. The normalized spacial score (nSPS) is 11.4. The van der Waals surface area contributed by atoms with Crippen molar-refractivity contribution in [2.75, 3.05) is 11.9 Å². The summed E-state index contributed by atoms with van der Waals surface area (Å²) in [4.78, 5) is 25.2. The highest BCUT2D eigenvalue weighted by molar-refractivity contribution is 6.03. The Kier molecular flexibility index (Phi) is 7.82. The van der Waals surface area contributed by atoms with E-state index in [0.29, 0.717) is 30.7 Å². The molecule has 1 atom stereocenters. The zero-order chi connectivity index (χ0) is 22.1. The largest absolute Gasteiger partial charge is 0.494 e. The van der Waals surface area contributed by atoms with Gasteiger partial charge in [0, 0.05) is 6.42 Å². The molecule has 5 heteroatoms. The second kappa shape index (κ2) is 11.0. The molecule has 31 heavy (non-hydrogen) atoms. The van der Waals surface area contributed by atoms with Crippen LogP contribution >= 0.6 is 0 Å². The van der Waals surface area contributed by atoms with E-state index in [1.165, 1.54) is 5.56 Å². The number of carbonyl (C=O) groups excluding carboxylic acids is 2. The van der Waals surface area contributed by atoms with Gasteiger partial charge in [0.1, 0.15) is 5.75 Å². The summed E-state index contributed by atoms with van der Waals surface area (Å²) in [6.07, 6.45) is 0.890. The van der Waals surface area contributed by atoms with Crippen LogP contribution in [0.25, 0.3) is 0 Å². The third-order valence-corrected chi connectivity index (χ3v) is 4.93. The van der Waals surface area contributed by atoms with E-state index in [2.05, 4.69) is 10.6 Å². The molecule has 0 saturated carbocycles. The average Bonchev–Trinajstić information content (AvgIpc) is 2.79. The Bertz CT molecular complexity index is 1000. The number of ether oxygens (including phenoxy) is 1. The lowest BCUT2D eigenvalue weighted by molar-refractivity contribution is -0.116. The third kappa shape index (κ3) is 6.71. The van der Waals surface area contributed by atoms with Crippen molar-refractivity contribution in [1.82, 2.24) is 5.32 Å². The molecule has 0 aliphatic carbocycles. The Balaban J connectivity index is 1.51. The molecular formula is C26H28N2O3. The molecule has 0 aliphatic rings. The quantitative estimate of drug-likeness (QED) is 0.466. The van der Waals surface area contributed by atoms with Gasteiger partial charge in [0.15, 0.2) is 0 Å². The molecule has 2 amide bonds. The molecule has 0 aliphatic heterocycles. The Hall–Kier alpha value is -3.60. The van der Waals surface area contributed by atoms with Gasteiger partial charge in [-0.1, -0.05) is 60.2 Å². The van der Waals surface area contributed by atoms with Crippen LogP contribution in [0.3, 0.4) is 0 Å². The van der Waals surface area contributed by atoms with E-state index in [1.807, 2.05) is 68.4 Å². The molecule has 0 unspecified atom stereocenters. The first-order valence-corrected chi connectivity index (χ1v) is 10.5. The van der Waals surface area contributed by atoms with Crippen molar-refractivity contribution in [2.24, 2.45) is 0 Å². The SMILES string of the molecule is Cc1ccc(OCCCC(=O)Nc2ccccc2C(=O)N[C@H](C)c2ccccc2)cc1. The van der Waals surface area contributed by atoms with E-state index in [1.54, 1.807) is 24.3 Å². The molecule has 2 N–H and O–H groups in total. The highest BCUT2D eigenvalue weighted by atomic mass is 16.5. The number of carbonyl (C=O) groups is 2. The number of anilines is 1. The first-order chi connectivity index (χ1) is 15.0. The molecule has 0 bridgehead atoms. The number of benzene rings is 3. The van der Waals surface area contributed by atoms with Crippen molar-refractivity contribution >= 4 is 17.5 Å². The first kappa shape index (κ1) is 22.1. The summed E-state index contributed by atoms with van der Waals surface area (Å²) >= 11 is 0. The molecular weight excluding hydrogens is 388 g/mol. The van der Waals surface area contributed by atoms with E-state index in [-0.39, 0.29) is 17.9 Å². The summed E-state index contributed by atoms with van der Waals surface area (Å²) in [7, 11) is 0. The molecule has 0 radical (unpaired) electrons. The van der Waals surface area contributed by atoms with E-state index in [4.69, 9.17) is 4.74 Å². The smallest absolute Gasteiger partial charge is 0.253 e. The minimum absolute atomic E-state index is 0.142. The summed E-state index contributed by atoms with van der Waals surface area (Å²) in [6.45, 7) is 4.41. The van der Waals surface area contributed by atoms with Gasteiger partial charge in [0.25, 0.3) is 5.91 Å². The van der Waals surface area contributed by atoms with Gasteiger partial charge in [-0.2, -0.15) is 0 Å². The van der Waals surface area contributed by atoms with Crippen LogP contribution in [0.1, 0.15) is 47.3 Å². The van der Waals surface area contributed by atoms with Crippen LogP contribution in [0, 0.1) is 6.92 Å². The molecule has 3 aromatic rings. The lowest BCUT2D eigenvalue weighted by atomic mass is 10.1. The Morgan fingerprint density at radius 2 is 1.58 bits per heavy atom. The lowest BCUT2D eigenvalue weighted by Gasteiger charge is -2.16. The van der Waals surface area contributed by atoms with E-state index in [0.717, 1.165) is 11.3 Å². The molecule has 160 valence electrons. The van der Waals surface area contributed by atoms with E-state index in [9.17, 15) is 9.59 Å². The average molecular weight is 417 g/mol. The van der Waals surface area contributed by atoms with E-state index < -0.39 is 0 Å². The van der Waals surface area contributed by atoms with Crippen molar-refractivity contribution in [1.29, 1.82) is 0 Å². The minimum atomic E-state index is -0.227. The van der Waals surface area contributed by atoms with Gasteiger partial charge in [-0.05, 0) is 50.1 Å². The van der Waals surface area contributed by atoms with Gasteiger partial charge in [0.05, 0.1) is 23.9 Å². The zero-order valence-electron chi connectivity index (χ0n) is 17.9. The molecule has 5 nitrogen and oxygen atoms in total. The highest BCUT2D eigenvalue weighted by Gasteiger charge is 2.16. The topological polar surface area (TPSA) is 67.4 Å². The van der Waals surface area contributed by atoms with Crippen LogP contribution in [-0.4, -0.2) is 18.4 Å². The third-order valence-electron chi connectivity index (χ3n) is 4.93. The van der Waals surface area contributed by atoms with Gasteiger partial charge in [0.2, 0.25) is 5.91 Å². The molecule has 0 saturated heterocycles. The maximum absolute atomic E-state index is 12.8. The van der Waals surface area contributed by atoms with Gasteiger partial charge in [-0.25, -0.2) is 0 Å². The van der Waals surface area contributed by atoms with Crippen LogP contribution in [0.5, 0.6) is 5.75 Å². The molecule has 3 rings (SSSR count). The van der Waals surface area contributed by atoms with Crippen molar-refractivity contribution in [3.63, 3.8) is 0 Å². The zero-order valence-corrected chi connectivity index (χ0v) is 17.9. The van der Waals surface area contributed by atoms with Crippen LogP contribution in [0.4, 0.5) is 5.69 Å². The van der Waals surface area contributed by atoms with Crippen molar-refractivity contribution in [3.8, 4) is 5.75 Å². The van der Waals surface area contributed by atoms with Crippen molar-refractivity contribution < 1.29 is 14.3 Å². The van der Waals surface area contributed by atoms with Gasteiger partial charge in [-0.15, -0.1) is 0 Å². The predicted octanol–water partition coefficient (Wildman–Crippen LogP) is 5.28. The van der Waals surface area contributed by atoms with Crippen molar-refractivity contribution in [3.05, 3.63) is 95.6 Å². The number of hydrogen-bond acceptors (Lipinski definition) is 3. The number of para-hydroxylation sites is 1. The fourth-order valence-corrected chi connectivity index (χ4v) is 3.16. The molecule has 0 heterocycles. The maximum atomic E-state index is 12.8. The van der Waals surface area contributed by atoms with Crippen LogP contribution in [-0.2, 0) is 4.79 Å². The number of aryl methyl sites for hydroxylation is 1. The summed E-state index contributed by atoms with van der Waals surface area (Å²) in [5.74, 6) is 0.416. The summed E-state index contributed by atoms with van der Waals surface area (Å²) < 4.78 is 5.67.